The van der Waals surface area contributed by atoms with Gasteiger partial charge >= 0.3 is 12.0 Å². The molecule has 0 aliphatic heterocycles. The van der Waals surface area contributed by atoms with Crippen LogP contribution in [0.25, 0.3) is 0 Å². The first-order valence-electron chi connectivity index (χ1n) is 7.06. The number of carboxylic acids is 1. The number of fused-ring (bicyclic) bond motifs is 2. The zero-order chi connectivity index (χ0) is 14.7. The smallest absolute Gasteiger partial charge is 0.321 e. The number of rotatable bonds is 5. The van der Waals surface area contributed by atoms with E-state index in [2.05, 4.69) is 16.0 Å². The summed E-state index contributed by atoms with van der Waals surface area (Å²) in [5.74, 6) is -1.09. The summed E-state index contributed by atoms with van der Waals surface area (Å²) >= 11 is 0. The fourth-order valence-corrected chi connectivity index (χ4v) is 3.53. The van der Waals surface area contributed by atoms with Gasteiger partial charge in [0.1, 0.15) is 0 Å². The number of amides is 3. The van der Waals surface area contributed by atoms with Crippen LogP contribution in [0.4, 0.5) is 4.79 Å². The van der Waals surface area contributed by atoms with Crippen molar-refractivity contribution < 1.29 is 19.5 Å². The highest BCUT2D eigenvalue weighted by Crippen LogP contribution is 2.48. The number of hydrogen-bond acceptors (Lipinski definition) is 4. The van der Waals surface area contributed by atoms with E-state index in [0.717, 1.165) is 19.3 Å². The van der Waals surface area contributed by atoms with E-state index in [-0.39, 0.29) is 18.5 Å². The molecular weight excluding hydrogens is 262 g/mol. The fourth-order valence-electron chi connectivity index (χ4n) is 3.53. The Balaban J connectivity index is 1.82. The first kappa shape index (κ1) is 14.8. The summed E-state index contributed by atoms with van der Waals surface area (Å²) in [7, 11) is 0. The Bertz CT molecular complexity index is 412. The van der Waals surface area contributed by atoms with Gasteiger partial charge in [-0.25, -0.2) is 4.79 Å². The van der Waals surface area contributed by atoms with E-state index >= 15 is 0 Å². The van der Waals surface area contributed by atoms with Crippen molar-refractivity contribution in [1.82, 2.24) is 16.0 Å². The SMILES string of the molecule is CCNC(=O)NC(=O)CNC1C2CCC(C2)C1C(=O)O. The maximum absolute atomic E-state index is 11.6. The predicted octanol–water partition coefficient (Wildman–Crippen LogP) is -0.0790. The van der Waals surface area contributed by atoms with E-state index in [4.69, 9.17) is 0 Å². The largest absolute Gasteiger partial charge is 0.481 e. The molecule has 0 aromatic heterocycles. The summed E-state index contributed by atoms with van der Waals surface area (Å²) < 4.78 is 0. The molecule has 2 rings (SSSR count). The second-order valence-electron chi connectivity index (χ2n) is 5.51. The molecule has 2 saturated carbocycles. The highest BCUT2D eigenvalue weighted by atomic mass is 16.4. The third-order valence-corrected chi connectivity index (χ3v) is 4.29. The standard InChI is InChI=1S/C13H21N3O4/c1-2-14-13(20)16-9(17)6-15-11-8-4-3-7(5-8)10(11)12(18)19/h7-8,10-11,15H,2-6H2,1H3,(H,18,19)(H2,14,16,17,20). The highest BCUT2D eigenvalue weighted by molar-refractivity contribution is 5.95. The molecule has 7 heteroatoms. The molecular formula is C13H21N3O4. The number of imide groups is 1. The molecule has 4 unspecified atom stereocenters. The van der Waals surface area contributed by atoms with E-state index < -0.39 is 23.8 Å². The molecule has 2 fully saturated rings. The van der Waals surface area contributed by atoms with Crippen molar-refractivity contribution in [1.29, 1.82) is 0 Å². The van der Waals surface area contributed by atoms with Crippen LogP contribution in [-0.4, -0.2) is 42.1 Å². The lowest BCUT2D eigenvalue weighted by Gasteiger charge is -2.28. The van der Waals surface area contributed by atoms with Crippen molar-refractivity contribution in [2.45, 2.75) is 32.2 Å². The van der Waals surface area contributed by atoms with Gasteiger partial charge in [-0.15, -0.1) is 0 Å². The Kier molecular flexibility index (Phi) is 4.59. The maximum Gasteiger partial charge on any atom is 0.321 e. The summed E-state index contributed by atoms with van der Waals surface area (Å²) in [4.78, 5) is 34.1. The van der Waals surface area contributed by atoms with Crippen LogP contribution in [0.3, 0.4) is 0 Å². The van der Waals surface area contributed by atoms with Gasteiger partial charge in [-0.2, -0.15) is 0 Å². The molecule has 4 N–H and O–H groups in total. The minimum Gasteiger partial charge on any atom is -0.481 e. The molecule has 3 amide bonds. The number of carboxylic acid groups (broad SMARTS) is 1. The zero-order valence-electron chi connectivity index (χ0n) is 11.5. The topological polar surface area (TPSA) is 108 Å². The van der Waals surface area contributed by atoms with Crippen LogP contribution >= 0.6 is 0 Å². The lowest BCUT2D eigenvalue weighted by atomic mass is 9.84. The van der Waals surface area contributed by atoms with E-state index in [1.165, 1.54) is 0 Å². The Morgan fingerprint density at radius 2 is 1.90 bits per heavy atom. The number of aliphatic carboxylic acids is 1. The number of carbonyl (C=O) groups excluding carboxylic acids is 2. The van der Waals surface area contributed by atoms with Crippen LogP contribution in [0.5, 0.6) is 0 Å². The predicted molar refractivity (Wildman–Crippen MR) is 71.0 cm³/mol. The summed E-state index contributed by atoms with van der Waals surface area (Å²) in [6.45, 7) is 2.17. The van der Waals surface area contributed by atoms with Crippen LogP contribution in [0.1, 0.15) is 26.2 Å². The summed E-state index contributed by atoms with van der Waals surface area (Å²) in [5.41, 5.74) is 0. The maximum atomic E-state index is 11.6. The summed E-state index contributed by atoms with van der Waals surface area (Å²) in [6.07, 6.45) is 2.90. The van der Waals surface area contributed by atoms with Gasteiger partial charge in [-0.1, -0.05) is 0 Å². The second-order valence-corrected chi connectivity index (χ2v) is 5.51. The van der Waals surface area contributed by atoms with Crippen LogP contribution in [0.2, 0.25) is 0 Å². The van der Waals surface area contributed by atoms with E-state index in [0.29, 0.717) is 12.5 Å². The lowest BCUT2D eigenvalue weighted by molar-refractivity contribution is -0.144. The van der Waals surface area contributed by atoms with Crippen molar-refractivity contribution in [3.63, 3.8) is 0 Å². The molecule has 4 atom stereocenters. The second kappa shape index (κ2) is 6.21. The third-order valence-electron chi connectivity index (χ3n) is 4.29. The van der Waals surface area contributed by atoms with Gasteiger partial charge in [0.25, 0.3) is 0 Å². The zero-order valence-corrected chi connectivity index (χ0v) is 11.5. The Morgan fingerprint density at radius 3 is 2.55 bits per heavy atom. The molecule has 0 aromatic carbocycles. The van der Waals surface area contributed by atoms with Gasteiger partial charge in [-0.3, -0.25) is 14.9 Å². The normalized spacial score (nSPS) is 31.1. The van der Waals surface area contributed by atoms with Gasteiger partial charge in [0.05, 0.1) is 12.5 Å². The third kappa shape index (κ3) is 3.09. The van der Waals surface area contributed by atoms with E-state index in [1.54, 1.807) is 6.92 Å². The molecule has 0 radical (unpaired) electrons. The van der Waals surface area contributed by atoms with Crippen LogP contribution in [0, 0.1) is 17.8 Å². The molecule has 112 valence electrons. The first-order valence-corrected chi connectivity index (χ1v) is 7.06. The average molecular weight is 283 g/mol. The van der Waals surface area contributed by atoms with Gasteiger partial charge in [0, 0.05) is 12.6 Å². The van der Waals surface area contributed by atoms with E-state index in [1.807, 2.05) is 0 Å². The molecule has 0 heterocycles. The van der Waals surface area contributed by atoms with Crippen molar-refractivity contribution >= 4 is 17.9 Å². The summed E-state index contributed by atoms with van der Waals surface area (Å²) in [5, 5.41) is 17.0. The molecule has 7 nitrogen and oxygen atoms in total. The minimum absolute atomic E-state index is 0.0329. The molecule has 0 saturated heterocycles. The van der Waals surface area contributed by atoms with Gasteiger partial charge in [0.15, 0.2) is 0 Å². The number of urea groups is 1. The van der Waals surface area contributed by atoms with Gasteiger partial charge in [0.2, 0.25) is 5.91 Å². The number of nitrogens with one attached hydrogen (secondary N) is 3. The van der Waals surface area contributed by atoms with Crippen molar-refractivity contribution in [3.05, 3.63) is 0 Å². The van der Waals surface area contributed by atoms with Crippen LogP contribution < -0.4 is 16.0 Å². The lowest BCUT2D eigenvalue weighted by Crippen LogP contribution is -2.49. The average Bonchev–Trinajstić information content (AvgIpc) is 2.96. The van der Waals surface area contributed by atoms with Crippen LogP contribution in [-0.2, 0) is 9.59 Å². The molecule has 2 aliphatic rings. The highest BCUT2D eigenvalue weighted by Gasteiger charge is 2.50. The monoisotopic (exact) mass is 283 g/mol. The molecule has 0 spiro atoms. The van der Waals surface area contributed by atoms with Crippen molar-refractivity contribution in [2.75, 3.05) is 13.1 Å². The van der Waals surface area contributed by atoms with Crippen molar-refractivity contribution in [3.8, 4) is 0 Å². The molecule has 2 aliphatic carbocycles. The molecule has 2 bridgehead atoms. The van der Waals surface area contributed by atoms with Gasteiger partial charge < -0.3 is 15.7 Å². The molecule has 20 heavy (non-hydrogen) atoms. The first-order chi connectivity index (χ1) is 9.52. The fraction of sp³-hybridized carbons (Fsp3) is 0.769. The summed E-state index contributed by atoms with van der Waals surface area (Å²) in [6, 6.07) is -0.687. The van der Waals surface area contributed by atoms with Crippen molar-refractivity contribution in [2.24, 2.45) is 17.8 Å². The Labute approximate surface area is 117 Å². The Morgan fingerprint density at radius 1 is 1.20 bits per heavy atom. The molecule has 0 aromatic rings. The Hall–Kier alpha value is -1.63. The number of hydrogen-bond donors (Lipinski definition) is 4. The van der Waals surface area contributed by atoms with Gasteiger partial charge in [-0.05, 0) is 38.0 Å². The number of carbonyl (C=O) groups is 3. The quantitative estimate of drug-likeness (QED) is 0.564. The minimum atomic E-state index is -0.793. The van der Waals surface area contributed by atoms with Crippen LogP contribution in [0.15, 0.2) is 0 Å². The van der Waals surface area contributed by atoms with E-state index in [9.17, 15) is 19.5 Å².